The van der Waals surface area contributed by atoms with Gasteiger partial charge in [0.2, 0.25) is 0 Å². The lowest BCUT2D eigenvalue weighted by atomic mass is 9.83. The fraction of sp³-hybridized carbons (Fsp3) is 0.600. The fourth-order valence-corrected chi connectivity index (χ4v) is 1.88. The van der Waals surface area contributed by atoms with Crippen molar-refractivity contribution in [2.75, 3.05) is 14.2 Å². The van der Waals surface area contributed by atoms with Gasteiger partial charge in [-0.1, -0.05) is 32.9 Å². The summed E-state index contributed by atoms with van der Waals surface area (Å²) in [5.41, 5.74) is 5.28. The van der Waals surface area contributed by atoms with Crippen LogP contribution in [0.1, 0.15) is 43.0 Å². The zero-order valence-corrected chi connectivity index (χ0v) is 11.9. The fourth-order valence-electron chi connectivity index (χ4n) is 1.88. The van der Waals surface area contributed by atoms with Crippen LogP contribution in [0.25, 0.3) is 0 Å². The molecule has 0 saturated heterocycles. The number of rotatable bonds is 4. The summed E-state index contributed by atoms with van der Waals surface area (Å²) in [4.78, 5) is 0. The molecule has 0 N–H and O–H groups in total. The predicted molar refractivity (Wildman–Crippen MR) is 71.3 cm³/mol. The summed E-state index contributed by atoms with van der Waals surface area (Å²) in [7, 11) is 3.47. The zero-order valence-electron chi connectivity index (χ0n) is 11.9. The Balaban J connectivity index is 3.26. The van der Waals surface area contributed by atoms with Crippen LogP contribution >= 0.6 is 0 Å². The van der Waals surface area contributed by atoms with Gasteiger partial charge in [-0.05, 0) is 34.6 Å². The molecule has 0 amide bonds. The Hall–Kier alpha value is -0.860. The van der Waals surface area contributed by atoms with Crippen LogP contribution in [0.2, 0.25) is 0 Å². The van der Waals surface area contributed by atoms with Gasteiger partial charge >= 0.3 is 0 Å². The molecule has 0 heterocycles. The predicted octanol–water partition coefficient (Wildman–Crippen LogP) is 3.59. The highest BCUT2D eigenvalue weighted by Gasteiger charge is 2.17. The Morgan fingerprint density at radius 3 is 1.65 bits per heavy atom. The summed E-state index contributed by atoms with van der Waals surface area (Å²) in [6.07, 6.45) is 0. The maximum atomic E-state index is 5.27. The van der Waals surface area contributed by atoms with Crippen molar-refractivity contribution in [2.45, 2.75) is 46.3 Å². The molecule has 0 fully saturated rings. The molecule has 0 spiro atoms. The average Bonchev–Trinajstić information content (AvgIpc) is 2.22. The first kappa shape index (κ1) is 14.2. The summed E-state index contributed by atoms with van der Waals surface area (Å²) in [6, 6.07) is 4.50. The van der Waals surface area contributed by atoms with E-state index < -0.39 is 0 Å². The Kier molecular flexibility index (Phi) is 4.72. The maximum Gasteiger partial charge on any atom is 0.0715 e. The summed E-state index contributed by atoms with van der Waals surface area (Å²) >= 11 is 0. The minimum atomic E-state index is 0.151. The molecule has 0 atom stereocenters. The van der Waals surface area contributed by atoms with E-state index in [0.29, 0.717) is 13.2 Å². The molecule has 0 aliphatic rings. The molecule has 0 aromatic heterocycles. The van der Waals surface area contributed by atoms with E-state index in [1.54, 1.807) is 14.2 Å². The third kappa shape index (κ3) is 3.55. The van der Waals surface area contributed by atoms with Crippen LogP contribution in [-0.4, -0.2) is 14.2 Å². The molecule has 0 saturated carbocycles. The van der Waals surface area contributed by atoms with Crippen LogP contribution < -0.4 is 0 Å². The summed E-state index contributed by atoms with van der Waals surface area (Å²) in [5.74, 6) is 0. The van der Waals surface area contributed by atoms with Crippen molar-refractivity contribution in [2.24, 2.45) is 0 Å². The topological polar surface area (TPSA) is 18.5 Å². The van der Waals surface area contributed by atoms with E-state index in [1.807, 2.05) is 0 Å². The van der Waals surface area contributed by atoms with Gasteiger partial charge in [-0.15, -0.1) is 0 Å². The SMILES string of the molecule is COCc1cc(C(C)(C)C)cc(COC)c1C. The van der Waals surface area contributed by atoms with Gasteiger partial charge in [-0.3, -0.25) is 0 Å². The Bertz CT molecular complexity index is 348. The summed E-state index contributed by atoms with van der Waals surface area (Å²) < 4.78 is 10.5. The van der Waals surface area contributed by atoms with Gasteiger partial charge in [-0.2, -0.15) is 0 Å². The molecule has 0 aliphatic carbocycles. The lowest BCUT2D eigenvalue weighted by molar-refractivity contribution is 0.178. The quantitative estimate of drug-likeness (QED) is 0.795. The van der Waals surface area contributed by atoms with Crippen molar-refractivity contribution in [1.82, 2.24) is 0 Å². The van der Waals surface area contributed by atoms with Crippen LogP contribution in [0.5, 0.6) is 0 Å². The molecule has 17 heavy (non-hydrogen) atoms. The minimum absolute atomic E-state index is 0.151. The molecule has 0 radical (unpaired) electrons. The van der Waals surface area contributed by atoms with E-state index in [9.17, 15) is 0 Å². The average molecular weight is 236 g/mol. The van der Waals surface area contributed by atoms with E-state index in [4.69, 9.17) is 9.47 Å². The third-order valence-corrected chi connectivity index (χ3v) is 3.09. The monoisotopic (exact) mass is 236 g/mol. The molecule has 0 aliphatic heterocycles. The van der Waals surface area contributed by atoms with Gasteiger partial charge in [0.05, 0.1) is 13.2 Å². The minimum Gasteiger partial charge on any atom is -0.380 e. The highest BCUT2D eigenvalue weighted by molar-refractivity contribution is 5.40. The van der Waals surface area contributed by atoms with E-state index in [-0.39, 0.29) is 5.41 Å². The molecular weight excluding hydrogens is 212 g/mol. The number of benzene rings is 1. The first-order valence-corrected chi connectivity index (χ1v) is 6.01. The van der Waals surface area contributed by atoms with Crippen LogP contribution in [0.15, 0.2) is 12.1 Å². The van der Waals surface area contributed by atoms with Crippen molar-refractivity contribution in [1.29, 1.82) is 0 Å². The first-order chi connectivity index (χ1) is 7.90. The van der Waals surface area contributed by atoms with E-state index in [1.165, 1.54) is 22.3 Å². The van der Waals surface area contributed by atoms with Crippen LogP contribution in [0.4, 0.5) is 0 Å². The lowest BCUT2D eigenvalue weighted by Crippen LogP contribution is -2.13. The van der Waals surface area contributed by atoms with Crippen LogP contribution in [-0.2, 0) is 28.1 Å². The summed E-state index contributed by atoms with van der Waals surface area (Å²) in [5, 5.41) is 0. The van der Waals surface area contributed by atoms with Gasteiger partial charge in [0.15, 0.2) is 0 Å². The Morgan fingerprint density at radius 2 is 1.35 bits per heavy atom. The molecule has 96 valence electrons. The van der Waals surface area contributed by atoms with E-state index in [0.717, 1.165) is 0 Å². The Morgan fingerprint density at radius 1 is 0.941 bits per heavy atom. The third-order valence-electron chi connectivity index (χ3n) is 3.09. The molecular formula is C15H24O2. The van der Waals surface area contributed by atoms with Crippen LogP contribution in [0, 0.1) is 6.92 Å². The number of hydrogen-bond acceptors (Lipinski definition) is 2. The van der Waals surface area contributed by atoms with Crippen molar-refractivity contribution in [3.63, 3.8) is 0 Å². The van der Waals surface area contributed by atoms with E-state index >= 15 is 0 Å². The van der Waals surface area contributed by atoms with Crippen LogP contribution in [0.3, 0.4) is 0 Å². The second kappa shape index (κ2) is 5.65. The number of hydrogen-bond donors (Lipinski definition) is 0. The van der Waals surface area contributed by atoms with Gasteiger partial charge in [0, 0.05) is 14.2 Å². The molecule has 1 rings (SSSR count). The van der Waals surface area contributed by atoms with E-state index in [2.05, 4.69) is 39.8 Å². The number of methoxy groups -OCH3 is 2. The standard InChI is InChI=1S/C15H24O2/c1-11-12(9-16-5)7-14(15(2,3)4)8-13(11)10-17-6/h7-8H,9-10H2,1-6H3. The normalized spacial score (nSPS) is 11.9. The molecule has 1 aromatic rings. The molecule has 0 unspecified atom stereocenters. The molecule has 0 bridgehead atoms. The second-order valence-corrected chi connectivity index (χ2v) is 5.54. The largest absolute Gasteiger partial charge is 0.380 e. The summed E-state index contributed by atoms with van der Waals surface area (Å²) in [6.45, 7) is 10.1. The molecule has 2 heteroatoms. The van der Waals surface area contributed by atoms with Crippen molar-refractivity contribution in [3.05, 3.63) is 34.4 Å². The Labute approximate surface area is 105 Å². The molecule has 2 nitrogen and oxygen atoms in total. The lowest BCUT2D eigenvalue weighted by Gasteiger charge is -2.23. The van der Waals surface area contributed by atoms with Crippen molar-refractivity contribution >= 4 is 0 Å². The number of ether oxygens (including phenoxy) is 2. The highest BCUT2D eigenvalue weighted by atomic mass is 16.5. The van der Waals surface area contributed by atoms with Gasteiger partial charge < -0.3 is 9.47 Å². The van der Waals surface area contributed by atoms with Crippen molar-refractivity contribution in [3.8, 4) is 0 Å². The first-order valence-electron chi connectivity index (χ1n) is 6.01. The maximum absolute atomic E-state index is 5.27. The zero-order chi connectivity index (χ0) is 13.1. The van der Waals surface area contributed by atoms with Crippen molar-refractivity contribution < 1.29 is 9.47 Å². The highest BCUT2D eigenvalue weighted by Crippen LogP contribution is 2.27. The smallest absolute Gasteiger partial charge is 0.0715 e. The van der Waals surface area contributed by atoms with Gasteiger partial charge in [0.1, 0.15) is 0 Å². The van der Waals surface area contributed by atoms with Gasteiger partial charge in [-0.25, -0.2) is 0 Å². The molecule has 1 aromatic carbocycles. The second-order valence-electron chi connectivity index (χ2n) is 5.54. The van der Waals surface area contributed by atoms with Gasteiger partial charge in [0.25, 0.3) is 0 Å².